The monoisotopic (exact) mass is 312 g/mol. The Balaban J connectivity index is 2.06. The molecule has 0 radical (unpaired) electrons. The van der Waals surface area contributed by atoms with Crippen LogP contribution in [0.4, 0.5) is 4.39 Å². The van der Waals surface area contributed by atoms with Crippen LogP contribution in [0.2, 0.25) is 0 Å². The lowest BCUT2D eigenvalue weighted by Crippen LogP contribution is -2.25. The smallest absolute Gasteiger partial charge is 0.254 e. The maximum absolute atomic E-state index is 13.5. The number of nitrogens with one attached hydrogen (secondary N) is 1. The Morgan fingerprint density at radius 1 is 1.56 bits per heavy atom. The predicted octanol–water partition coefficient (Wildman–Crippen LogP) is 1.65. The van der Waals surface area contributed by atoms with Crippen molar-refractivity contribution in [1.82, 2.24) is 20.1 Å². The third kappa shape index (κ3) is 2.73. The molecule has 7 heteroatoms. The van der Waals surface area contributed by atoms with Crippen molar-refractivity contribution in [2.45, 2.75) is 6.54 Å². The molecule has 1 aromatic heterocycles. The first kappa shape index (κ1) is 12.7. The van der Waals surface area contributed by atoms with Gasteiger partial charge in [0.25, 0.3) is 5.91 Å². The number of rotatable bonds is 3. The molecule has 0 aliphatic carbocycles. The molecule has 0 fully saturated rings. The Bertz CT molecular complexity index is 584. The number of carbonyl (C=O) groups excluding carboxylic acids is 1. The predicted molar refractivity (Wildman–Crippen MR) is 66.3 cm³/mol. The third-order valence-corrected chi connectivity index (χ3v) is 2.88. The van der Waals surface area contributed by atoms with Gasteiger partial charge in [0, 0.05) is 11.5 Å². The van der Waals surface area contributed by atoms with E-state index in [1.54, 1.807) is 17.7 Å². The summed E-state index contributed by atoms with van der Waals surface area (Å²) in [5.74, 6) is -0.455. The van der Waals surface area contributed by atoms with Crippen LogP contribution in [0.15, 0.2) is 29.0 Å². The second-order valence-corrected chi connectivity index (χ2v) is 4.58. The summed E-state index contributed by atoms with van der Waals surface area (Å²) >= 11 is 3.13. The minimum Gasteiger partial charge on any atom is -0.345 e. The molecule has 0 aliphatic rings. The maximum atomic E-state index is 13.5. The van der Waals surface area contributed by atoms with Crippen LogP contribution in [0, 0.1) is 5.82 Å². The van der Waals surface area contributed by atoms with E-state index in [9.17, 15) is 9.18 Å². The summed E-state index contributed by atoms with van der Waals surface area (Å²) < 4.78 is 15.8. The SMILES string of the molecule is Cn1cnnc1CNC(=O)c1ccc(Br)cc1F. The summed E-state index contributed by atoms with van der Waals surface area (Å²) in [4.78, 5) is 11.8. The summed E-state index contributed by atoms with van der Waals surface area (Å²) in [6.07, 6.45) is 1.53. The van der Waals surface area contributed by atoms with Gasteiger partial charge < -0.3 is 9.88 Å². The van der Waals surface area contributed by atoms with E-state index in [1.165, 1.54) is 18.5 Å². The molecule has 1 aromatic carbocycles. The van der Waals surface area contributed by atoms with Gasteiger partial charge in [0.2, 0.25) is 0 Å². The first-order valence-corrected chi connectivity index (χ1v) is 5.93. The van der Waals surface area contributed by atoms with Crippen LogP contribution < -0.4 is 5.32 Å². The van der Waals surface area contributed by atoms with Gasteiger partial charge >= 0.3 is 0 Å². The van der Waals surface area contributed by atoms with Crippen molar-refractivity contribution in [3.8, 4) is 0 Å². The topological polar surface area (TPSA) is 59.8 Å². The Kier molecular flexibility index (Phi) is 3.71. The minimum absolute atomic E-state index is 0.000341. The molecule has 1 amide bonds. The lowest BCUT2D eigenvalue weighted by Gasteiger charge is -2.05. The van der Waals surface area contributed by atoms with E-state index < -0.39 is 11.7 Å². The van der Waals surface area contributed by atoms with Gasteiger partial charge in [-0.2, -0.15) is 0 Å². The fourth-order valence-electron chi connectivity index (χ4n) is 1.40. The number of aryl methyl sites for hydroxylation is 1. The standard InChI is InChI=1S/C11H10BrFN4O/c1-17-6-15-16-10(17)5-14-11(18)8-3-2-7(12)4-9(8)13/h2-4,6H,5H2,1H3,(H,14,18). The van der Waals surface area contributed by atoms with Crippen LogP contribution >= 0.6 is 15.9 Å². The molecular formula is C11H10BrFN4O. The van der Waals surface area contributed by atoms with Crippen molar-refractivity contribution in [3.63, 3.8) is 0 Å². The highest BCUT2D eigenvalue weighted by Gasteiger charge is 2.12. The molecule has 1 heterocycles. The van der Waals surface area contributed by atoms with E-state index in [1.807, 2.05) is 0 Å². The highest BCUT2D eigenvalue weighted by molar-refractivity contribution is 9.10. The molecule has 0 saturated carbocycles. The molecule has 94 valence electrons. The molecule has 0 bridgehead atoms. The third-order valence-electron chi connectivity index (χ3n) is 2.39. The highest BCUT2D eigenvalue weighted by atomic mass is 79.9. The fraction of sp³-hybridized carbons (Fsp3) is 0.182. The van der Waals surface area contributed by atoms with Crippen molar-refractivity contribution in [1.29, 1.82) is 0 Å². The second-order valence-electron chi connectivity index (χ2n) is 3.66. The van der Waals surface area contributed by atoms with Gasteiger partial charge in [0.1, 0.15) is 12.1 Å². The van der Waals surface area contributed by atoms with Crippen molar-refractivity contribution in [2.24, 2.45) is 7.05 Å². The van der Waals surface area contributed by atoms with Crippen molar-refractivity contribution < 1.29 is 9.18 Å². The lowest BCUT2D eigenvalue weighted by atomic mass is 10.2. The number of benzene rings is 1. The van der Waals surface area contributed by atoms with Gasteiger partial charge in [-0.3, -0.25) is 4.79 Å². The van der Waals surface area contributed by atoms with Crippen LogP contribution in [0.3, 0.4) is 0 Å². The summed E-state index contributed by atoms with van der Waals surface area (Å²) in [6.45, 7) is 0.199. The maximum Gasteiger partial charge on any atom is 0.254 e. The molecule has 0 saturated heterocycles. The molecule has 0 unspecified atom stereocenters. The summed E-state index contributed by atoms with van der Waals surface area (Å²) in [5.41, 5.74) is 0.000341. The van der Waals surface area contributed by atoms with Gasteiger partial charge in [-0.25, -0.2) is 4.39 Å². The molecule has 2 aromatic rings. The van der Waals surface area contributed by atoms with Crippen LogP contribution in [0.5, 0.6) is 0 Å². The molecule has 2 rings (SSSR count). The quantitative estimate of drug-likeness (QED) is 0.937. The number of carbonyl (C=O) groups is 1. The fourth-order valence-corrected chi connectivity index (χ4v) is 1.73. The van der Waals surface area contributed by atoms with Crippen LogP contribution in [0.1, 0.15) is 16.2 Å². The average molecular weight is 313 g/mol. The number of halogens is 2. The van der Waals surface area contributed by atoms with Crippen molar-refractivity contribution >= 4 is 21.8 Å². The number of aromatic nitrogens is 3. The molecule has 18 heavy (non-hydrogen) atoms. The van der Waals surface area contributed by atoms with Gasteiger partial charge in [-0.15, -0.1) is 10.2 Å². The normalized spacial score (nSPS) is 10.4. The molecule has 1 N–H and O–H groups in total. The first-order valence-electron chi connectivity index (χ1n) is 5.14. The first-order chi connectivity index (χ1) is 8.58. The van der Waals surface area contributed by atoms with Gasteiger partial charge in [-0.05, 0) is 18.2 Å². The Labute approximate surface area is 111 Å². The molecule has 0 aliphatic heterocycles. The van der Waals surface area contributed by atoms with Crippen LogP contribution in [0.25, 0.3) is 0 Å². The van der Waals surface area contributed by atoms with E-state index >= 15 is 0 Å². The van der Waals surface area contributed by atoms with E-state index in [2.05, 4.69) is 31.4 Å². The van der Waals surface area contributed by atoms with E-state index in [0.717, 1.165) is 0 Å². The van der Waals surface area contributed by atoms with E-state index in [-0.39, 0.29) is 12.1 Å². The van der Waals surface area contributed by atoms with Crippen LogP contribution in [-0.2, 0) is 13.6 Å². The van der Waals surface area contributed by atoms with Gasteiger partial charge in [-0.1, -0.05) is 15.9 Å². The number of hydrogen-bond donors (Lipinski definition) is 1. The summed E-state index contributed by atoms with van der Waals surface area (Å²) in [6, 6.07) is 4.28. The number of amides is 1. The Morgan fingerprint density at radius 3 is 2.94 bits per heavy atom. The largest absolute Gasteiger partial charge is 0.345 e. The minimum atomic E-state index is -0.570. The number of hydrogen-bond acceptors (Lipinski definition) is 3. The van der Waals surface area contributed by atoms with Gasteiger partial charge in [0.05, 0.1) is 12.1 Å². The molecular weight excluding hydrogens is 303 g/mol. The van der Waals surface area contributed by atoms with Crippen molar-refractivity contribution in [2.75, 3.05) is 0 Å². The Hall–Kier alpha value is -1.76. The molecule has 0 spiro atoms. The molecule has 0 atom stereocenters. The Morgan fingerprint density at radius 2 is 2.33 bits per heavy atom. The summed E-state index contributed by atoms with van der Waals surface area (Å²) in [5, 5.41) is 10.1. The lowest BCUT2D eigenvalue weighted by molar-refractivity contribution is 0.0945. The second kappa shape index (κ2) is 5.26. The van der Waals surface area contributed by atoms with Crippen LogP contribution in [-0.4, -0.2) is 20.7 Å². The highest BCUT2D eigenvalue weighted by Crippen LogP contribution is 2.15. The summed E-state index contributed by atoms with van der Waals surface area (Å²) in [7, 11) is 1.77. The van der Waals surface area contributed by atoms with Crippen molar-refractivity contribution in [3.05, 3.63) is 46.2 Å². The van der Waals surface area contributed by atoms with E-state index in [0.29, 0.717) is 10.3 Å². The number of nitrogens with zero attached hydrogens (tertiary/aromatic N) is 3. The zero-order valence-corrected chi connectivity index (χ0v) is 11.1. The molecule has 5 nitrogen and oxygen atoms in total. The zero-order chi connectivity index (χ0) is 13.1. The van der Waals surface area contributed by atoms with Gasteiger partial charge in [0.15, 0.2) is 5.82 Å². The average Bonchev–Trinajstić information content (AvgIpc) is 2.72. The zero-order valence-electron chi connectivity index (χ0n) is 9.52. The van der Waals surface area contributed by atoms with E-state index in [4.69, 9.17) is 0 Å².